The fourth-order valence-corrected chi connectivity index (χ4v) is 4.64. The fraction of sp³-hybridized carbons (Fsp3) is 0.318. The lowest BCUT2D eigenvalue weighted by molar-refractivity contribution is 0.00545. The summed E-state index contributed by atoms with van der Waals surface area (Å²) in [5, 5.41) is 24.3. The molecule has 1 aliphatic carbocycles. The van der Waals surface area contributed by atoms with Gasteiger partial charge in [-0.25, -0.2) is 15.0 Å². The molecule has 5 rings (SSSR count). The molecule has 0 spiro atoms. The summed E-state index contributed by atoms with van der Waals surface area (Å²) in [6.45, 7) is 0. The van der Waals surface area contributed by atoms with Gasteiger partial charge in [-0.05, 0) is 48.3 Å². The summed E-state index contributed by atoms with van der Waals surface area (Å²) in [5.74, 6) is 0.899. The van der Waals surface area contributed by atoms with E-state index in [1.165, 1.54) is 11.9 Å². The topological polar surface area (TPSA) is 136 Å². The Balaban J connectivity index is 1.34. The van der Waals surface area contributed by atoms with E-state index in [0.717, 1.165) is 29.0 Å². The Kier molecular flexibility index (Phi) is 4.52. The van der Waals surface area contributed by atoms with Crippen molar-refractivity contribution < 1.29 is 10.2 Å². The van der Waals surface area contributed by atoms with Crippen LogP contribution in [-0.4, -0.2) is 41.9 Å². The van der Waals surface area contributed by atoms with Crippen LogP contribution < -0.4 is 11.5 Å². The van der Waals surface area contributed by atoms with Gasteiger partial charge in [0.1, 0.15) is 29.7 Å². The molecule has 6 N–H and O–H groups in total. The highest BCUT2D eigenvalue weighted by Crippen LogP contribution is 2.39. The Labute approximate surface area is 173 Å². The van der Waals surface area contributed by atoms with Crippen LogP contribution in [0.25, 0.3) is 21.8 Å². The number of rotatable bonds is 4. The van der Waals surface area contributed by atoms with Gasteiger partial charge in [-0.1, -0.05) is 18.2 Å². The predicted molar refractivity (Wildman–Crippen MR) is 116 cm³/mol. The molecular formula is C22H24N6O2. The lowest BCUT2D eigenvalue weighted by Crippen LogP contribution is -2.29. The molecule has 8 heteroatoms. The van der Waals surface area contributed by atoms with E-state index < -0.39 is 12.2 Å². The maximum atomic E-state index is 10.7. The van der Waals surface area contributed by atoms with Gasteiger partial charge in [-0.2, -0.15) is 0 Å². The quantitative estimate of drug-likeness (QED) is 0.409. The molecule has 0 unspecified atom stereocenters. The highest BCUT2D eigenvalue weighted by atomic mass is 16.3. The van der Waals surface area contributed by atoms with E-state index in [1.54, 1.807) is 6.20 Å². The average molecular weight is 404 g/mol. The van der Waals surface area contributed by atoms with Crippen LogP contribution >= 0.6 is 0 Å². The number of aryl methyl sites for hydroxylation is 1. The number of hydrogen-bond acceptors (Lipinski definition) is 7. The monoisotopic (exact) mass is 404 g/mol. The number of benzene rings is 1. The molecule has 1 fully saturated rings. The maximum absolute atomic E-state index is 10.7. The van der Waals surface area contributed by atoms with Gasteiger partial charge in [-0.3, -0.25) is 0 Å². The SMILES string of the molecule is Nc1cc2cc(CC[C@H]3C[C@@H](n4ccc5c(N)ncnc54)[C@H](O)[C@@H]3O)ccc2cn1. The number of anilines is 2. The smallest absolute Gasteiger partial charge is 0.145 e. The van der Waals surface area contributed by atoms with Crippen LogP contribution in [0.2, 0.25) is 0 Å². The van der Waals surface area contributed by atoms with Crippen molar-refractivity contribution in [2.45, 2.75) is 37.5 Å². The molecule has 3 aromatic heterocycles. The highest BCUT2D eigenvalue weighted by Gasteiger charge is 2.42. The number of fused-ring (bicyclic) bond motifs is 2. The van der Waals surface area contributed by atoms with E-state index in [-0.39, 0.29) is 12.0 Å². The van der Waals surface area contributed by atoms with E-state index in [9.17, 15) is 10.2 Å². The number of aromatic nitrogens is 4. The summed E-state index contributed by atoms with van der Waals surface area (Å²) < 4.78 is 1.91. The molecule has 154 valence electrons. The second-order valence-electron chi connectivity index (χ2n) is 8.09. The number of nitrogen functional groups attached to an aromatic ring is 2. The first kappa shape index (κ1) is 18.8. The third-order valence-corrected chi connectivity index (χ3v) is 6.28. The molecule has 0 saturated heterocycles. The van der Waals surface area contributed by atoms with Crippen molar-refractivity contribution in [3.8, 4) is 0 Å². The van der Waals surface area contributed by atoms with Crippen molar-refractivity contribution in [1.29, 1.82) is 0 Å². The summed E-state index contributed by atoms with van der Waals surface area (Å²) in [5.41, 5.74) is 13.6. The lowest BCUT2D eigenvalue weighted by Gasteiger charge is -2.19. The minimum Gasteiger partial charge on any atom is -0.390 e. The molecule has 4 aromatic rings. The van der Waals surface area contributed by atoms with E-state index in [2.05, 4.69) is 27.1 Å². The van der Waals surface area contributed by atoms with Gasteiger partial charge in [0.15, 0.2) is 0 Å². The summed E-state index contributed by atoms with van der Waals surface area (Å²) in [6, 6.07) is 9.70. The van der Waals surface area contributed by atoms with E-state index in [1.807, 2.05) is 29.0 Å². The van der Waals surface area contributed by atoms with Crippen LogP contribution in [0.1, 0.15) is 24.4 Å². The van der Waals surface area contributed by atoms with Crippen LogP contribution in [0.4, 0.5) is 11.6 Å². The lowest BCUT2D eigenvalue weighted by atomic mass is 9.95. The summed E-state index contributed by atoms with van der Waals surface area (Å²) in [6.07, 6.45) is 5.66. The molecule has 0 aliphatic heterocycles. The zero-order chi connectivity index (χ0) is 20.8. The molecule has 1 aliphatic rings. The first-order valence-electron chi connectivity index (χ1n) is 10.1. The number of aliphatic hydroxyl groups excluding tert-OH is 2. The third-order valence-electron chi connectivity index (χ3n) is 6.28. The van der Waals surface area contributed by atoms with Gasteiger partial charge in [0.2, 0.25) is 0 Å². The van der Waals surface area contributed by atoms with Crippen LogP contribution in [0.15, 0.2) is 49.1 Å². The fourth-order valence-electron chi connectivity index (χ4n) is 4.64. The van der Waals surface area contributed by atoms with Gasteiger partial charge >= 0.3 is 0 Å². The number of nitrogens with two attached hydrogens (primary N) is 2. The Morgan fingerprint density at radius 1 is 1.00 bits per heavy atom. The molecule has 3 heterocycles. The minimum absolute atomic E-state index is 0.0140. The minimum atomic E-state index is -0.857. The molecule has 8 nitrogen and oxygen atoms in total. The van der Waals surface area contributed by atoms with Crippen LogP contribution in [0.3, 0.4) is 0 Å². The predicted octanol–water partition coefficient (Wildman–Crippen LogP) is 2.06. The standard InChI is InChI=1S/C22H24N6O2/c23-18-9-15-7-12(2-4-14(15)10-25-18)1-3-13-8-17(20(30)19(13)29)28-6-5-16-21(24)26-11-27-22(16)28/h2,4-7,9-11,13,17,19-20,29-30H,1,3,8H2,(H2,23,25)(H2,24,26,27)/t13-,17+,19+,20-/m0/s1. The van der Waals surface area contributed by atoms with Crippen molar-refractivity contribution in [3.63, 3.8) is 0 Å². The largest absolute Gasteiger partial charge is 0.390 e. The molecule has 0 bridgehead atoms. The maximum Gasteiger partial charge on any atom is 0.145 e. The third kappa shape index (κ3) is 3.14. The Morgan fingerprint density at radius 2 is 1.87 bits per heavy atom. The zero-order valence-corrected chi connectivity index (χ0v) is 16.4. The van der Waals surface area contributed by atoms with Gasteiger partial charge < -0.3 is 26.2 Å². The molecule has 30 heavy (non-hydrogen) atoms. The van der Waals surface area contributed by atoms with Crippen molar-refractivity contribution in [2.24, 2.45) is 5.92 Å². The summed E-state index contributed by atoms with van der Waals surface area (Å²) >= 11 is 0. The molecule has 1 aromatic carbocycles. The van der Waals surface area contributed by atoms with E-state index in [4.69, 9.17) is 11.5 Å². The second-order valence-corrected chi connectivity index (χ2v) is 8.09. The van der Waals surface area contributed by atoms with Crippen LogP contribution in [-0.2, 0) is 6.42 Å². The van der Waals surface area contributed by atoms with E-state index in [0.29, 0.717) is 23.7 Å². The number of hydrogen-bond donors (Lipinski definition) is 4. The van der Waals surface area contributed by atoms with E-state index >= 15 is 0 Å². The highest BCUT2D eigenvalue weighted by molar-refractivity contribution is 5.86. The molecule has 4 atom stereocenters. The van der Waals surface area contributed by atoms with Crippen molar-refractivity contribution >= 4 is 33.4 Å². The molecule has 0 amide bonds. The number of aliphatic hydroxyl groups is 2. The Hall–Kier alpha value is -3.23. The van der Waals surface area contributed by atoms with Gasteiger partial charge in [0, 0.05) is 17.8 Å². The van der Waals surface area contributed by atoms with Crippen LogP contribution in [0, 0.1) is 5.92 Å². The first-order valence-corrected chi connectivity index (χ1v) is 10.1. The van der Waals surface area contributed by atoms with Crippen molar-refractivity contribution in [3.05, 3.63) is 54.6 Å². The Bertz CT molecular complexity index is 1220. The first-order chi connectivity index (χ1) is 14.5. The molecule has 1 saturated carbocycles. The van der Waals surface area contributed by atoms with Gasteiger partial charge in [0.25, 0.3) is 0 Å². The summed E-state index contributed by atoms with van der Waals surface area (Å²) in [4.78, 5) is 12.5. The van der Waals surface area contributed by atoms with Crippen molar-refractivity contribution in [1.82, 2.24) is 19.5 Å². The normalized spacial score (nSPS) is 24.1. The van der Waals surface area contributed by atoms with Gasteiger partial charge in [-0.15, -0.1) is 0 Å². The van der Waals surface area contributed by atoms with Crippen LogP contribution in [0.5, 0.6) is 0 Å². The second kappa shape index (κ2) is 7.23. The molecular weight excluding hydrogens is 380 g/mol. The number of nitrogens with zero attached hydrogens (tertiary/aromatic N) is 4. The Morgan fingerprint density at radius 3 is 2.73 bits per heavy atom. The zero-order valence-electron chi connectivity index (χ0n) is 16.4. The van der Waals surface area contributed by atoms with Gasteiger partial charge in [0.05, 0.1) is 17.5 Å². The summed E-state index contributed by atoms with van der Waals surface area (Å²) in [7, 11) is 0. The average Bonchev–Trinajstić information content (AvgIpc) is 3.29. The molecule has 0 radical (unpaired) electrons. The number of pyridine rings is 1. The van der Waals surface area contributed by atoms with Crippen molar-refractivity contribution in [2.75, 3.05) is 11.5 Å².